The van der Waals surface area contributed by atoms with Gasteiger partial charge in [0.25, 0.3) is 5.56 Å². The lowest BCUT2D eigenvalue weighted by atomic mass is 10.2. The molecule has 9 heteroatoms. The Morgan fingerprint density at radius 3 is 2.93 bits per heavy atom. The molecule has 1 aromatic carbocycles. The Hall–Kier alpha value is -3.46. The summed E-state index contributed by atoms with van der Waals surface area (Å²) in [6.45, 7) is 1.46. The van der Waals surface area contributed by atoms with E-state index >= 15 is 0 Å². The van der Waals surface area contributed by atoms with E-state index in [1.54, 1.807) is 24.7 Å². The number of pyridine rings is 1. The summed E-state index contributed by atoms with van der Waals surface area (Å²) >= 11 is 1.43. The molecule has 4 rings (SSSR count). The zero-order valence-corrected chi connectivity index (χ0v) is 15.8. The minimum absolute atomic E-state index is 0.120. The first-order chi connectivity index (χ1) is 13.6. The third-order valence-electron chi connectivity index (χ3n) is 3.93. The zero-order chi connectivity index (χ0) is 19.5. The van der Waals surface area contributed by atoms with Gasteiger partial charge >= 0.3 is 0 Å². The summed E-state index contributed by atoms with van der Waals surface area (Å²) in [5.41, 5.74) is 2.67. The second-order valence-electron chi connectivity index (χ2n) is 6.02. The molecule has 3 heterocycles. The van der Waals surface area contributed by atoms with E-state index in [-0.39, 0.29) is 11.5 Å². The Labute approximate surface area is 164 Å². The molecule has 0 unspecified atom stereocenters. The molecule has 3 aromatic heterocycles. The first kappa shape index (κ1) is 17.9. The number of rotatable bonds is 5. The van der Waals surface area contributed by atoms with Crippen LogP contribution in [0, 0.1) is 0 Å². The lowest BCUT2D eigenvalue weighted by Gasteiger charge is -2.09. The highest BCUT2D eigenvalue weighted by Crippen LogP contribution is 2.24. The topological polar surface area (TPSA) is 94.2 Å². The van der Waals surface area contributed by atoms with Crippen molar-refractivity contribution in [2.45, 2.75) is 17.8 Å². The molecule has 0 spiro atoms. The van der Waals surface area contributed by atoms with E-state index in [4.69, 9.17) is 0 Å². The van der Waals surface area contributed by atoms with Crippen molar-refractivity contribution in [2.24, 2.45) is 0 Å². The highest BCUT2D eigenvalue weighted by Gasteiger charge is 2.10. The van der Waals surface area contributed by atoms with Crippen LogP contribution in [0.1, 0.15) is 12.6 Å². The molecule has 0 bridgehead atoms. The van der Waals surface area contributed by atoms with Crippen LogP contribution < -0.4 is 10.9 Å². The standard InChI is InChI=1S/C19H16N6O2S/c1-13(26)21-14-5-4-6-16(9-14)25-12-20-23-19(25)28-11-15-10-18(27)24-8-3-2-7-17(24)22-15/h2-10,12H,11H2,1H3,(H,21,26). The summed E-state index contributed by atoms with van der Waals surface area (Å²) in [5.74, 6) is 0.342. The molecule has 140 valence electrons. The number of anilines is 1. The van der Waals surface area contributed by atoms with Crippen LogP contribution in [0.25, 0.3) is 11.3 Å². The SMILES string of the molecule is CC(=O)Nc1cccc(-n2cnnc2SCc2cc(=O)n3ccccc3n2)c1. The second-order valence-corrected chi connectivity index (χ2v) is 6.96. The van der Waals surface area contributed by atoms with Gasteiger partial charge < -0.3 is 5.32 Å². The molecule has 1 amide bonds. The van der Waals surface area contributed by atoms with Gasteiger partial charge in [-0.05, 0) is 30.3 Å². The number of nitrogens with zero attached hydrogens (tertiary/aromatic N) is 5. The van der Waals surface area contributed by atoms with E-state index in [0.717, 1.165) is 5.69 Å². The van der Waals surface area contributed by atoms with Gasteiger partial charge in [0.2, 0.25) is 5.91 Å². The van der Waals surface area contributed by atoms with E-state index in [1.165, 1.54) is 29.2 Å². The fourth-order valence-electron chi connectivity index (χ4n) is 2.75. The first-order valence-electron chi connectivity index (χ1n) is 8.48. The van der Waals surface area contributed by atoms with Crippen LogP contribution in [0.15, 0.2) is 71.0 Å². The maximum absolute atomic E-state index is 12.2. The Bertz CT molecular complexity index is 1220. The van der Waals surface area contributed by atoms with Crippen LogP contribution in [0.4, 0.5) is 5.69 Å². The molecule has 0 aliphatic carbocycles. The van der Waals surface area contributed by atoms with Crippen LogP contribution in [0.3, 0.4) is 0 Å². The van der Waals surface area contributed by atoms with E-state index in [1.807, 2.05) is 34.9 Å². The van der Waals surface area contributed by atoms with Gasteiger partial charge in [-0.15, -0.1) is 10.2 Å². The molecule has 0 saturated carbocycles. The Balaban J connectivity index is 1.57. The van der Waals surface area contributed by atoms with E-state index in [0.29, 0.717) is 27.9 Å². The van der Waals surface area contributed by atoms with Crippen molar-refractivity contribution in [1.29, 1.82) is 0 Å². The molecule has 8 nitrogen and oxygen atoms in total. The van der Waals surface area contributed by atoms with Gasteiger partial charge in [-0.1, -0.05) is 23.9 Å². The predicted octanol–water partition coefficient (Wildman–Crippen LogP) is 2.53. The van der Waals surface area contributed by atoms with Crippen molar-refractivity contribution in [3.8, 4) is 5.69 Å². The molecule has 0 aliphatic heterocycles. The lowest BCUT2D eigenvalue weighted by molar-refractivity contribution is -0.114. The molecular weight excluding hydrogens is 376 g/mol. The maximum atomic E-state index is 12.2. The van der Waals surface area contributed by atoms with E-state index < -0.39 is 0 Å². The highest BCUT2D eigenvalue weighted by molar-refractivity contribution is 7.98. The first-order valence-corrected chi connectivity index (χ1v) is 9.47. The van der Waals surface area contributed by atoms with Gasteiger partial charge in [0.15, 0.2) is 5.16 Å². The fraction of sp³-hybridized carbons (Fsp3) is 0.105. The largest absolute Gasteiger partial charge is 0.326 e. The molecular formula is C19H16N6O2S. The van der Waals surface area contributed by atoms with Crippen LogP contribution >= 0.6 is 11.8 Å². The minimum Gasteiger partial charge on any atom is -0.326 e. The number of aromatic nitrogens is 5. The van der Waals surface area contributed by atoms with Crippen LogP contribution in [0.2, 0.25) is 0 Å². The van der Waals surface area contributed by atoms with Crippen molar-refractivity contribution in [1.82, 2.24) is 24.1 Å². The highest BCUT2D eigenvalue weighted by atomic mass is 32.2. The van der Waals surface area contributed by atoms with Crippen molar-refractivity contribution >= 4 is 29.0 Å². The van der Waals surface area contributed by atoms with Gasteiger partial charge in [0, 0.05) is 30.6 Å². The molecule has 1 N–H and O–H groups in total. The van der Waals surface area contributed by atoms with Gasteiger partial charge in [-0.3, -0.25) is 18.6 Å². The number of nitrogens with one attached hydrogen (secondary N) is 1. The molecule has 28 heavy (non-hydrogen) atoms. The van der Waals surface area contributed by atoms with Crippen LogP contribution in [0.5, 0.6) is 0 Å². The van der Waals surface area contributed by atoms with Crippen molar-refractivity contribution in [2.75, 3.05) is 5.32 Å². The van der Waals surface area contributed by atoms with Gasteiger partial charge in [-0.2, -0.15) is 0 Å². The average Bonchev–Trinajstić information content (AvgIpc) is 3.15. The Morgan fingerprint density at radius 2 is 2.07 bits per heavy atom. The summed E-state index contributed by atoms with van der Waals surface area (Å²) < 4.78 is 3.33. The normalized spacial score (nSPS) is 10.9. The Kier molecular flexibility index (Phi) is 4.90. The fourth-order valence-corrected chi connectivity index (χ4v) is 3.57. The summed E-state index contributed by atoms with van der Waals surface area (Å²) in [6.07, 6.45) is 3.30. The van der Waals surface area contributed by atoms with E-state index in [2.05, 4.69) is 20.5 Å². The second kappa shape index (κ2) is 7.65. The number of carbonyl (C=O) groups is 1. The quantitative estimate of drug-likeness (QED) is 0.525. The van der Waals surface area contributed by atoms with Gasteiger partial charge in [0.05, 0.1) is 11.4 Å². The van der Waals surface area contributed by atoms with Crippen molar-refractivity contribution in [3.63, 3.8) is 0 Å². The van der Waals surface area contributed by atoms with Gasteiger partial charge in [-0.25, -0.2) is 4.98 Å². The van der Waals surface area contributed by atoms with Crippen molar-refractivity contribution < 1.29 is 4.79 Å². The molecule has 0 fully saturated rings. The molecule has 0 aliphatic rings. The van der Waals surface area contributed by atoms with Crippen LogP contribution in [-0.4, -0.2) is 30.1 Å². The molecule has 0 saturated heterocycles. The monoisotopic (exact) mass is 392 g/mol. The molecule has 0 atom stereocenters. The summed E-state index contributed by atoms with van der Waals surface area (Å²) in [5, 5.41) is 11.6. The number of amides is 1. The van der Waals surface area contributed by atoms with Gasteiger partial charge in [0.1, 0.15) is 12.0 Å². The smallest absolute Gasteiger partial charge is 0.258 e. The van der Waals surface area contributed by atoms with E-state index in [9.17, 15) is 9.59 Å². The molecule has 0 radical (unpaired) electrons. The lowest BCUT2D eigenvalue weighted by Crippen LogP contribution is -2.14. The number of hydrogen-bond acceptors (Lipinski definition) is 6. The van der Waals surface area contributed by atoms with Crippen LogP contribution in [-0.2, 0) is 10.5 Å². The minimum atomic E-state index is -0.135. The summed E-state index contributed by atoms with van der Waals surface area (Å²) in [6, 6.07) is 14.4. The average molecular weight is 392 g/mol. The zero-order valence-electron chi connectivity index (χ0n) is 14.9. The third kappa shape index (κ3) is 3.79. The summed E-state index contributed by atoms with van der Waals surface area (Å²) in [7, 11) is 0. The number of fused-ring (bicyclic) bond motifs is 1. The number of thioether (sulfide) groups is 1. The summed E-state index contributed by atoms with van der Waals surface area (Å²) in [4.78, 5) is 28.0. The number of carbonyl (C=O) groups excluding carboxylic acids is 1. The predicted molar refractivity (Wildman–Crippen MR) is 107 cm³/mol. The third-order valence-corrected chi connectivity index (χ3v) is 4.91. The number of hydrogen-bond donors (Lipinski definition) is 1. The van der Waals surface area contributed by atoms with Crippen molar-refractivity contribution in [3.05, 3.63) is 77.1 Å². The maximum Gasteiger partial charge on any atom is 0.258 e. The number of benzene rings is 1. The molecule has 4 aromatic rings. The Morgan fingerprint density at radius 1 is 1.18 bits per heavy atom.